The number of benzene rings is 2. The maximum atomic E-state index is 11.4. The summed E-state index contributed by atoms with van der Waals surface area (Å²) in [6, 6.07) is 15.1. The zero-order valence-electron chi connectivity index (χ0n) is 12.3. The van der Waals surface area contributed by atoms with Crippen molar-refractivity contribution in [2.24, 2.45) is 5.73 Å². The summed E-state index contributed by atoms with van der Waals surface area (Å²) < 4.78 is 22.9. The van der Waals surface area contributed by atoms with E-state index < -0.39 is 9.84 Å². The molecule has 0 bridgehead atoms. The molecule has 0 aliphatic rings. The summed E-state index contributed by atoms with van der Waals surface area (Å²) in [5.41, 5.74) is 8.85. The minimum Gasteiger partial charge on any atom is -0.370 e. The van der Waals surface area contributed by atoms with Gasteiger partial charge >= 0.3 is 0 Å². The lowest BCUT2D eigenvalue weighted by Crippen LogP contribution is -2.16. The largest absolute Gasteiger partial charge is 0.370 e. The van der Waals surface area contributed by atoms with Crippen LogP contribution in [0.25, 0.3) is 0 Å². The zero-order valence-corrected chi connectivity index (χ0v) is 13.1. The Morgan fingerprint density at radius 2 is 1.48 bits per heavy atom. The van der Waals surface area contributed by atoms with Crippen LogP contribution in [0.4, 0.5) is 5.69 Å². The standard InChI is InChI=1S/C16H20N2O2S/c1-18(12-14-5-3-13(11-17)4-6-14)15-7-9-16(10-8-15)21(2,19)20/h3-10H,11-12,17H2,1-2H3. The summed E-state index contributed by atoms with van der Waals surface area (Å²) in [7, 11) is -1.16. The number of rotatable bonds is 5. The number of nitrogens with two attached hydrogens (primary N) is 1. The van der Waals surface area contributed by atoms with Crippen molar-refractivity contribution in [3.8, 4) is 0 Å². The summed E-state index contributed by atoms with van der Waals surface area (Å²) >= 11 is 0. The summed E-state index contributed by atoms with van der Waals surface area (Å²) in [5.74, 6) is 0. The Balaban J connectivity index is 2.10. The molecule has 0 heterocycles. The van der Waals surface area contributed by atoms with Crippen molar-refractivity contribution >= 4 is 15.5 Å². The lowest BCUT2D eigenvalue weighted by atomic mass is 10.1. The molecule has 4 nitrogen and oxygen atoms in total. The number of nitrogens with zero attached hydrogens (tertiary/aromatic N) is 1. The first kappa shape index (κ1) is 15.5. The fourth-order valence-corrected chi connectivity index (χ4v) is 2.72. The molecule has 0 atom stereocenters. The van der Waals surface area contributed by atoms with Gasteiger partial charge in [-0.2, -0.15) is 0 Å². The predicted molar refractivity (Wildman–Crippen MR) is 86.0 cm³/mol. The highest BCUT2D eigenvalue weighted by Crippen LogP contribution is 2.19. The highest BCUT2D eigenvalue weighted by molar-refractivity contribution is 7.90. The molecule has 0 spiro atoms. The van der Waals surface area contributed by atoms with E-state index in [4.69, 9.17) is 5.73 Å². The SMILES string of the molecule is CN(Cc1ccc(CN)cc1)c1ccc(S(C)(=O)=O)cc1. The molecule has 2 aromatic carbocycles. The topological polar surface area (TPSA) is 63.4 Å². The number of hydrogen-bond donors (Lipinski definition) is 1. The van der Waals surface area contributed by atoms with Crippen molar-refractivity contribution in [3.63, 3.8) is 0 Å². The summed E-state index contributed by atoms with van der Waals surface area (Å²) in [6.07, 6.45) is 1.21. The molecule has 2 aromatic rings. The van der Waals surface area contributed by atoms with Crippen LogP contribution in [-0.2, 0) is 22.9 Å². The van der Waals surface area contributed by atoms with E-state index in [0.29, 0.717) is 11.4 Å². The second kappa shape index (κ2) is 6.28. The Hall–Kier alpha value is -1.85. The first-order valence-corrected chi connectivity index (χ1v) is 8.58. The molecule has 0 aliphatic heterocycles. The molecule has 21 heavy (non-hydrogen) atoms. The Morgan fingerprint density at radius 1 is 0.952 bits per heavy atom. The van der Waals surface area contributed by atoms with Crippen LogP contribution < -0.4 is 10.6 Å². The second-order valence-corrected chi connectivity index (χ2v) is 7.16. The Kier molecular flexibility index (Phi) is 4.65. The molecular formula is C16H20N2O2S. The Labute approximate surface area is 126 Å². The van der Waals surface area contributed by atoms with E-state index in [2.05, 4.69) is 17.0 Å². The van der Waals surface area contributed by atoms with Crippen molar-refractivity contribution in [1.29, 1.82) is 0 Å². The molecule has 112 valence electrons. The van der Waals surface area contributed by atoms with Crippen molar-refractivity contribution in [2.45, 2.75) is 18.0 Å². The van der Waals surface area contributed by atoms with Gasteiger partial charge in [0.1, 0.15) is 0 Å². The van der Waals surface area contributed by atoms with Crippen LogP contribution >= 0.6 is 0 Å². The van der Waals surface area contributed by atoms with E-state index in [9.17, 15) is 8.42 Å². The van der Waals surface area contributed by atoms with Crippen LogP contribution in [0, 0.1) is 0 Å². The van der Waals surface area contributed by atoms with E-state index in [1.54, 1.807) is 12.1 Å². The van der Waals surface area contributed by atoms with Gasteiger partial charge in [-0.3, -0.25) is 0 Å². The highest BCUT2D eigenvalue weighted by Gasteiger charge is 2.08. The number of hydrogen-bond acceptors (Lipinski definition) is 4. The van der Waals surface area contributed by atoms with Gasteiger partial charge in [0.25, 0.3) is 0 Å². The first-order valence-electron chi connectivity index (χ1n) is 6.69. The third kappa shape index (κ3) is 4.06. The molecular weight excluding hydrogens is 284 g/mol. The average Bonchev–Trinajstić information content (AvgIpc) is 2.47. The number of sulfone groups is 1. The fourth-order valence-electron chi connectivity index (χ4n) is 2.09. The maximum absolute atomic E-state index is 11.4. The second-order valence-electron chi connectivity index (χ2n) is 5.14. The van der Waals surface area contributed by atoms with Crippen LogP contribution in [-0.4, -0.2) is 21.7 Å². The molecule has 5 heteroatoms. The summed E-state index contributed by atoms with van der Waals surface area (Å²) in [5, 5.41) is 0. The minimum absolute atomic E-state index is 0.340. The molecule has 0 aromatic heterocycles. The van der Waals surface area contributed by atoms with Gasteiger partial charge in [-0.05, 0) is 35.4 Å². The monoisotopic (exact) mass is 304 g/mol. The van der Waals surface area contributed by atoms with Gasteiger partial charge in [-0.15, -0.1) is 0 Å². The van der Waals surface area contributed by atoms with E-state index in [-0.39, 0.29) is 0 Å². The molecule has 0 saturated carbocycles. The van der Waals surface area contributed by atoms with Gasteiger partial charge in [0.15, 0.2) is 9.84 Å². The van der Waals surface area contributed by atoms with Gasteiger partial charge in [0.05, 0.1) is 4.90 Å². The molecule has 0 aliphatic carbocycles. The third-order valence-corrected chi connectivity index (χ3v) is 4.51. The third-order valence-electron chi connectivity index (χ3n) is 3.38. The van der Waals surface area contributed by atoms with Crippen molar-refractivity contribution in [3.05, 3.63) is 59.7 Å². The lowest BCUT2D eigenvalue weighted by Gasteiger charge is -2.19. The quantitative estimate of drug-likeness (QED) is 0.919. The Morgan fingerprint density at radius 3 is 1.95 bits per heavy atom. The molecule has 2 N–H and O–H groups in total. The highest BCUT2D eigenvalue weighted by atomic mass is 32.2. The average molecular weight is 304 g/mol. The van der Waals surface area contributed by atoms with E-state index in [1.165, 1.54) is 11.8 Å². The molecule has 0 fully saturated rings. The minimum atomic E-state index is -3.14. The van der Waals surface area contributed by atoms with Crippen LogP contribution in [0.1, 0.15) is 11.1 Å². The zero-order chi connectivity index (χ0) is 15.5. The van der Waals surface area contributed by atoms with Crippen LogP contribution in [0.2, 0.25) is 0 Å². The molecule has 2 rings (SSSR count). The van der Waals surface area contributed by atoms with Gasteiger partial charge < -0.3 is 10.6 Å². The first-order chi connectivity index (χ1) is 9.90. The molecule has 0 unspecified atom stereocenters. The van der Waals surface area contributed by atoms with E-state index in [1.807, 2.05) is 31.3 Å². The van der Waals surface area contributed by atoms with E-state index in [0.717, 1.165) is 17.8 Å². The molecule has 0 radical (unpaired) electrons. The predicted octanol–water partition coefficient (Wildman–Crippen LogP) is 2.19. The Bertz CT molecular complexity index is 692. The molecule has 0 saturated heterocycles. The maximum Gasteiger partial charge on any atom is 0.175 e. The normalized spacial score (nSPS) is 11.4. The van der Waals surface area contributed by atoms with Crippen molar-refractivity contribution in [1.82, 2.24) is 0 Å². The smallest absolute Gasteiger partial charge is 0.175 e. The van der Waals surface area contributed by atoms with Crippen LogP contribution in [0.15, 0.2) is 53.4 Å². The molecule has 0 amide bonds. The lowest BCUT2D eigenvalue weighted by molar-refractivity contribution is 0.602. The van der Waals surface area contributed by atoms with Crippen LogP contribution in [0.5, 0.6) is 0 Å². The fraction of sp³-hybridized carbons (Fsp3) is 0.250. The van der Waals surface area contributed by atoms with Crippen molar-refractivity contribution in [2.75, 3.05) is 18.2 Å². The van der Waals surface area contributed by atoms with Gasteiger partial charge in [0.2, 0.25) is 0 Å². The summed E-state index contributed by atoms with van der Waals surface area (Å²) in [6.45, 7) is 1.30. The van der Waals surface area contributed by atoms with E-state index >= 15 is 0 Å². The van der Waals surface area contributed by atoms with Gasteiger partial charge in [0, 0.05) is 32.1 Å². The van der Waals surface area contributed by atoms with Crippen molar-refractivity contribution < 1.29 is 8.42 Å². The number of anilines is 1. The van der Waals surface area contributed by atoms with Gasteiger partial charge in [-0.25, -0.2) is 8.42 Å². The van der Waals surface area contributed by atoms with Crippen LogP contribution in [0.3, 0.4) is 0 Å². The van der Waals surface area contributed by atoms with Gasteiger partial charge in [-0.1, -0.05) is 24.3 Å². The summed E-state index contributed by atoms with van der Waals surface area (Å²) in [4.78, 5) is 2.41.